The Labute approximate surface area is 360 Å². The highest BCUT2D eigenvalue weighted by molar-refractivity contribution is 6.14. The summed E-state index contributed by atoms with van der Waals surface area (Å²) >= 11 is 0. The zero-order valence-electron chi connectivity index (χ0n) is 33.7. The third kappa shape index (κ3) is 6.11. The van der Waals surface area contributed by atoms with Gasteiger partial charge in [0, 0.05) is 43.6 Å². The van der Waals surface area contributed by atoms with Crippen LogP contribution in [0.2, 0.25) is 0 Å². The van der Waals surface area contributed by atoms with Gasteiger partial charge in [-0.25, -0.2) is 15.0 Å². The topological polar surface area (TPSA) is 95.7 Å². The first-order valence-electron chi connectivity index (χ1n) is 20.7. The molecule has 7 aromatic carbocycles. The number of allylic oxidation sites excluding steroid dienone is 4. The smallest absolute Gasteiger partial charge is 0.238 e. The van der Waals surface area contributed by atoms with E-state index in [9.17, 15) is 0 Å². The Morgan fingerprint density at radius 2 is 1.14 bits per heavy atom. The Hall–Kier alpha value is -8.75. The fourth-order valence-corrected chi connectivity index (χ4v) is 8.59. The van der Waals surface area contributed by atoms with E-state index in [1.54, 1.807) is 6.08 Å². The highest BCUT2D eigenvalue weighted by atomic mass is 16.3. The SMILES string of the molecule is C=C/C=C\C=C\c1nc(-c2cccc3oc4ccc(-c5nc(-c6ccccc6)nc(-n6c7ccccc7c7ccc(-c8ccccc8)cc76)n5)cc4c23)nc2c1oc1ccccc12. The molecule has 0 aliphatic rings. The summed E-state index contributed by atoms with van der Waals surface area (Å²) in [5.41, 5.74) is 11.0. The maximum absolute atomic E-state index is 6.53. The van der Waals surface area contributed by atoms with Crippen molar-refractivity contribution in [2.24, 2.45) is 0 Å². The van der Waals surface area contributed by atoms with Crippen molar-refractivity contribution in [3.8, 4) is 51.2 Å². The predicted octanol–water partition coefficient (Wildman–Crippen LogP) is 14.0. The lowest BCUT2D eigenvalue weighted by Crippen LogP contribution is -2.06. The van der Waals surface area contributed by atoms with E-state index in [0.29, 0.717) is 40.3 Å². The maximum atomic E-state index is 6.53. The summed E-state index contributed by atoms with van der Waals surface area (Å²) < 4.78 is 15.0. The van der Waals surface area contributed by atoms with Crippen LogP contribution in [0.4, 0.5) is 0 Å². The average molecular weight is 811 g/mol. The van der Waals surface area contributed by atoms with Crippen molar-refractivity contribution < 1.29 is 8.83 Å². The predicted molar refractivity (Wildman–Crippen MR) is 254 cm³/mol. The van der Waals surface area contributed by atoms with Crippen LogP contribution in [0.3, 0.4) is 0 Å². The second-order valence-electron chi connectivity index (χ2n) is 15.3. The lowest BCUT2D eigenvalue weighted by molar-refractivity contribution is 0.664. The van der Waals surface area contributed by atoms with Gasteiger partial charge in [0.25, 0.3) is 0 Å². The largest absolute Gasteiger partial charge is 0.456 e. The summed E-state index contributed by atoms with van der Waals surface area (Å²) in [6.07, 6.45) is 9.37. The molecule has 0 unspecified atom stereocenters. The Balaban J connectivity index is 1.07. The minimum absolute atomic E-state index is 0.519. The van der Waals surface area contributed by atoms with Gasteiger partial charge in [-0.1, -0.05) is 146 Å². The minimum atomic E-state index is 0.519. The molecule has 296 valence electrons. The molecule has 0 radical (unpaired) electrons. The Morgan fingerprint density at radius 3 is 1.98 bits per heavy atom. The fraction of sp³-hybridized carbons (Fsp3) is 0. The summed E-state index contributed by atoms with van der Waals surface area (Å²) in [6, 6.07) is 55.5. The number of furan rings is 2. The number of para-hydroxylation sites is 2. The Morgan fingerprint density at radius 1 is 0.444 bits per heavy atom. The average Bonchev–Trinajstić information content (AvgIpc) is 4.02. The van der Waals surface area contributed by atoms with E-state index in [4.69, 9.17) is 33.8 Å². The molecule has 8 heteroatoms. The molecule has 0 atom stereocenters. The first-order chi connectivity index (χ1) is 31.2. The maximum Gasteiger partial charge on any atom is 0.238 e. The number of benzene rings is 7. The van der Waals surface area contributed by atoms with Gasteiger partial charge in [0.05, 0.1) is 11.0 Å². The number of rotatable bonds is 8. The van der Waals surface area contributed by atoms with Crippen LogP contribution >= 0.6 is 0 Å². The van der Waals surface area contributed by atoms with Crippen molar-refractivity contribution >= 4 is 71.9 Å². The van der Waals surface area contributed by atoms with Gasteiger partial charge in [-0.3, -0.25) is 4.57 Å². The molecule has 8 nitrogen and oxygen atoms in total. The van der Waals surface area contributed by atoms with E-state index in [1.165, 1.54) is 0 Å². The van der Waals surface area contributed by atoms with E-state index in [1.807, 2.05) is 115 Å². The van der Waals surface area contributed by atoms with Crippen LogP contribution in [0, 0.1) is 0 Å². The molecule has 5 aromatic heterocycles. The van der Waals surface area contributed by atoms with Crippen LogP contribution in [0.25, 0.3) is 123 Å². The molecule has 5 heterocycles. The standard InChI is InChI=1S/C55H34N6O2/c1-2-3-4-11-24-43-51-50(40-22-13-15-26-46(40)63-51)57-54(56-43)41-23-16-27-48-49(41)42-32-37(29-31-47(42)62-48)53-58-52(35-19-9-6-10-20-35)59-55(60-53)61-44-25-14-12-21-38(44)39-30-28-36(33-45(39)61)34-17-7-5-8-18-34/h2-33H,1H2/b4-3-,24-11+. The second kappa shape index (κ2) is 14.8. The third-order valence-corrected chi connectivity index (χ3v) is 11.5. The molecule has 0 bridgehead atoms. The van der Waals surface area contributed by atoms with Gasteiger partial charge in [0.2, 0.25) is 5.95 Å². The first kappa shape index (κ1) is 36.1. The quantitative estimate of drug-likeness (QED) is 0.141. The van der Waals surface area contributed by atoms with Gasteiger partial charge in [-0.15, -0.1) is 0 Å². The van der Waals surface area contributed by atoms with Crippen LogP contribution in [0.15, 0.2) is 204 Å². The van der Waals surface area contributed by atoms with Crippen LogP contribution in [0.1, 0.15) is 5.69 Å². The van der Waals surface area contributed by atoms with Crippen LogP contribution in [-0.2, 0) is 0 Å². The van der Waals surface area contributed by atoms with Gasteiger partial charge in [-0.2, -0.15) is 9.97 Å². The molecule has 63 heavy (non-hydrogen) atoms. The molecule has 0 amide bonds. The zero-order chi connectivity index (χ0) is 41.9. The Kier molecular flexibility index (Phi) is 8.46. The van der Waals surface area contributed by atoms with Crippen molar-refractivity contribution in [2.45, 2.75) is 0 Å². The molecule has 0 saturated carbocycles. The monoisotopic (exact) mass is 810 g/mol. The van der Waals surface area contributed by atoms with Crippen molar-refractivity contribution in [1.29, 1.82) is 0 Å². The lowest BCUT2D eigenvalue weighted by Gasteiger charge is -2.11. The molecule has 0 spiro atoms. The molecule has 0 fully saturated rings. The highest BCUT2D eigenvalue weighted by Gasteiger charge is 2.22. The van der Waals surface area contributed by atoms with Crippen LogP contribution in [-0.4, -0.2) is 29.5 Å². The van der Waals surface area contributed by atoms with Gasteiger partial charge >= 0.3 is 0 Å². The number of nitrogens with zero attached hydrogens (tertiary/aromatic N) is 6. The lowest BCUT2D eigenvalue weighted by atomic mass is 10.0. The summed E-state index contributed by atoms with van der Waals surface area (Å²) in [5, 5.41) is 4.92. The number of fused-ring (bicyclic) bond motifs is 9. The van der Waals surface area contributed by atoms with Gasteiger partial charge in [-0.05, 0) is 65.7 Å². The van der Waals surface area contributed by atoms with Crippen LogP contribution < -0.4 is 0 Å². The van der Waals surface area contributed by atoms with Crippen molar-refractivity contribution in [1.82, 2.24) is 29.5 Å². The highest BCUT2D eigenvalue weighted by Crippen LogP contribution is 2.40. The molecule has 12 aromatic rings. The van der Waals surface area contributed by atoms with E-state index >= 15 is 0 Å². The number of hydrogen-bond donors (Lipinski definition) is 0. The van der Waals surface area contributed by atoms with Gasteiger partial charge in [0.1, 0.15) is 28.0 Å². The van der Waals surface area contributed by atoms with Gasteiger partial charge < -0.3 is 8.83 Å². The van der Waals surface area contributed by atoms with Gasteiger partial charge in [0.15, 0.2) is 23.1 Å². The number of hydrogen-bond acceptors (Lipinski definition) is 7. The molecular formula is C55H34N6O2. The fourth-order valence-electron chi connectivity index (χ4n) is 8.59. The van der Waals surface area contributed by atoms with E-state index in [2.05, 4.69) is 83.9 Å². The molecular weight excluding hydrogens is 777 g/mol. The van der Waals surface area contributed by atoms with Crippen molar-refractivity contribution in [3.05, 3.63) is 200 Å². The first-order valence-corrected chi connectivity index (χ1v) is 20.7. The molecule has 0 saturated heterocycles. The summed E-state index contributed by atoms with van der Waals surface area (Å²) in [7, 11) is 0. The van der Waals surface area contributed by atoms with Crippen molar-refractivity contribution in [2.75, 3.05) is 0 Å². The van der Waals surface area contributed by atoms with Crippen molar-refractivity contribution in [3.63, 3.8) is 0 Å². The van der Waals surface area contributed by atoms with E-state index < -0.39 is 0 Å². The summed E-state index contributed by atoms with van der Waals surface area (Å²) in [6.45, 7) is 3.79. The summed E-state index contributed by atoms with van der Waals surface area (Å²) in [4.78, 5) is 25.9. The minimum Gasteiger partial charge on any atom is -0.456 e. The molecule has 0 aliphatic heterocycles. The van der Waals surface area contributed by atoms with E-state index in [-0.39, 0.29) is 0 Å². The Bertz CT molecular complexity index is 3820. The van der Waals surface area contributed by atoms with Crippen LogP contribution in [0.5, 0.6) is 0 Å². The molecule has 12 rings (SSSR count). The normalized spacial score (nSPS) is 12.1. The third-order valence-electron chi connectivity index (χ3n) is 11.5. The van der Waals surface area contributed by atoms with E-state index in [0.717, 1.165) is 82.5 Å². The number of aromatic nitrogens is 6. The second-order valence-corrected chi connectivity index (χ2v) is 15.3. The summed E-state index contributed by atoms with van der Waals surface area (Å²) in [5.74, 6) is 2.16. The molecule has 0 aliphatic carbocycles. The molecule has 0 N–H and O–H groups in total. The zero-order valence-corrected chi connectivity index (χ0v) is 33.7.